The average Bonchev–Trinajstić information content (AvgIpc) is 2.53. The summed E-state index contributed by atoms with van der Waals surface area (Å²) in [4.78, 5) is 4.37. The molecule has 3 rings (SSSR count). The van der Waals surface area contributed by atoms with Gasteiger partial charge in [-0.2, -0.15) is 0 Å². The van der Waals surface area contributed by atoms with Crippen LogP contribution >= 0.6 is 0 Å². The molecular weight excluding hydrogens is 258 g/mol. The van der Waals surface area contributed by atoms with Crippen molar-refractivity contribution in [1.29, 1.82) is 0 Å². The van der Waals surface area contributed by atoms with Crippen molar-refractivity contribution >= 4 is 22.3 Å². The fourth-order valence-corrected chi connectivity index (χ4v) is 2.62. The molecule has 21 heavy (non-hydrogen) atoms. The number of anilines is 2. The number of hydrogen-bond acceptors (Lipinski definition) is 3. The van der Waals surface area contributed by atoms with Crippen molar-refractivity contribution in [3.63, 3.8) is 0 Å². The van der Waals surface area contributed by atoms with Gasteiger partial charge in [0.25, 0.3) is 0 Å². The van der Waals surface area contributed by atoms with Gasteiger partial charge >= 0.3 is 0 Å². The van der Waals surface area contributed by atoms with Crippen LogP contribution in [-0.2, 0) is 13.0 Å². The van der Waals surface area contributed by atoms with Gasteiger partial charge in [-0.1, -0.05) is 43.3 Å². The van der Waals surface area contributed by atoms with Gasteiger partial charge in [0.1, 0.15) is 0 Å². The number of aromatic nitrogens is 1. The Bertz CT molecular complexity index is 765. The van der Waals surface area contributed by atoms with E-state index in [9.17, 15) is 0 Å². The molecule has 0 unspecified atom stereocenters. The van der Waals surface area contributed by atoms with E-state index in [-0.39, 0.29) is 0 Å². The van der Waals surface area contributed by atoms with Gasteiger partial charge in [0, 0.05) is 23.8 Å². The van der Waals surface area contributed by atoms with Crippen molar-refractivity contribution in [2.24, 2.45) is 0 Å². The lowest BCUT2D eigenvalue weighted by molar-refractivity contribution is 1.05. The lowest BCUT2D eigenvalue weighted by Gasteiger charge is -2.12. The summed E-state index contributed by atoms with van der Waals surface area (Å²) in [5.74, 6) is 0. The highest BCUT2D eigenvalue weighted by atomic mass is 14.9. The Hall–Kier alpha value is -2.55. The van der Waals surface area contributed by atoms with E-state index in [0.717, 1.165) is 29.6 Å². The summed E-state index contributed by atoms with van der Waals surface area (Å²) < 4.78 is 0. The molecular formula is C18H19N3. The maximum Gasteiger partial charge on any atom is 0.0951 e. The van der Waals surface area contributed by atoms with Crippen LogP contribution in [0, 0.1) is 0 Å². The highest BCUT2D eigenvalue weighted by molar-refractivity contribution is 5.97. The minimum absolute atomic E-state index is 0.713. The summed E-state index contributed by atoms with van der Waals surface area (Å²) in [5, 5.41) is 4.57. The monoisotopic (exact) mass is 277 g/mol. The van der Waals surface area contributed by atoms with Crippen LogP contribution in [0.3, 0.4) is 0 Å². The number of nitrogen functional groups attached to an aromatic ring is 1. The van der Waals surface area contributed by atoms with E-state index in [0.29, 0.717) is 5.69 Å². The van der Waals surface area contributed by atoms with Crippen LogP contribution in [0.2, 0.25) is 0 Å². The number of para-hydroxylation sites is 1. The third-order valence-electron chi connectivity index (χ3n) is 3.77. The number of nitrogens with one attached hydrogen (secondary N) is 1. The summed E-state index contributed by atoms with van der Waals surface area (Å²) in [6.45, 7) is 2.99. The topological polar surface area (TPSA) is 50.9 Å². The summed E-state index contributed by atoms with van der Waals surface area (Å²) in [6, 6.07) is 16.4. The van der Waals surface area contributed by atoms with Gasteiger partial charge in [0.2, 0.25) is 0 Å². The van der Waals surface area contributed by atoms with Crippen molar-refractivity contribution in [3.8, 4) is 0 Å². The molecule has 3 aromatic rings. The molecule has 0 fully saturated rings. The quantitative estimate of drug-likeness (QED) is 0.709. The third-order valence-corrected chi connectivity index (χ3v) is 3.77. The molecule has 0 radical (unpaired) electrons. The van der Waals surface area contributed by atoms with E-state index < -0.39 is 0 Å². The van der Waals surface area contributed by atoms with Crippen molar-refractivity contribution in [2.75, 3.05) is 11.1 Å². The smallest absolute Gasteiger partial charge is 0.0951 e. The molecule has 106 valence electrons. The molecule has 0 amide bonds. The Morgan fingerprint density at radius 2 is 1.81 bits per heavy atom. The normalized spacial score (nSPS) is 10.7. The van der Waals surface area contributed by atoms with Crippen molar-refractivity contribution in [1.82, 2.24) is 4.98 Å². The Balaban J connectivity index is 1.91. The number of rotatable bonds is 4. The molecule has 0 atom stereocenters. The Morgan fingerprint density at radius 3 is 2.62 bits per heavy atom. The predicted molar refractivity (Wildman–Crippen MR) is 89.3 cm³/mol. The van der Waals surface area contributed by atoms with E-state index >= 15 is 0 Å². The van der Waals surface area contributed by atoms with E-state index in [1.165, 1.54) is 11.1 Å². The average molecular weight is 277 g/mol. The van der Waals surface area contributed by atoms with Crippen molar-refractivity contribution in [2.45, 2.75) is 19.9 Å². The van der Waals surface area contributed by atoms with E-state index in [1.807, 2.05) is 24.3 Å². The molecule has 0 spiro atoms. The van der Waals surface area contributed by atoms with Crippen LogP contribution in [0.25, 0.3) is 10.9 Å². The van der Waals surface area contributed by atoms with Crippen LogP contribution < -0.4 is 11.1 Å². The largest absolute Gasteiger partial charge is 0.397 e. The number of nitrogens with two attached hydrogens (primary N) is 1. The molecule has 0 aliphatic carbocycles. The van der Waals surface area contributed by atoms with Crippen LogP contribution in [0.1, 0.15) is 18.1 Å². The summed E-state index contributed by atoms with van der Waals surface area (Å²) in [5.41, 5.74) is 11.3. The molecule has 3 heteroatoms. The predicted octanol–water partition coefficient (Wildman–Crippen LogP) is 3.99. The summed E-state index contributed by atoms with van der Waals surface area (Å²) >= 11 is 0. The molecule has 0 aliphatic rings. The van der Waals surface area contributed by atoms with Crippen LogP contribution in [-0.4, -0.2) is 4.98 Å². The Labute approximate surface area is 124 Å². The zero-order chi connectivity index (χ0) is 14.7. The van der Waals surface area contributed by atoms with Gasteiger partial charge < -0.3 is 11.1 Å². The molecule has 3 N–H and O–H groups in total. The maximum atomic E-state index is 5.99. The Kier molecular flexibility index (Phi) is 3.73. The maximum absolute atomic E-state index is 5.99. The molecule has 3 nitrogen and oxygen atoms in total. The number of benzene rings is 2. The second kappa shape index (κ2) is 5.83. The first kappa shape index (κ1) is 13.4. The molecule has 1 aromatic heterocycles. The molecule has 0 saturated carbocycles. The molecule has 2 aromatic carbocycles. The minimum atomic E-state index is 0.713. The van der Waals surface area contributed by atoms with Gasteiger partial charge in [0.15, 0.2) is 0 Å². The third kappa shape index (κ3) is 2.68. The van der Waals surface area contributed by atoms with Gasteiger partial charge in [-0.15, -0.1) is 0 Å². The van der Waals surface area contributed by atoms with Crippen molar-refractivity contribution in [3.05, 3.63) is 65.9 Å². The van der Waals surface area contributed by atoms with E-state index in [4.69, 9.17) is 5.73 Å². The van der Waals surface area contributed by atoms with Gasteiger partial charge in [-0.25, -0.2) is 0 Å². The van der Waals surface area contributed by atoms with Crippen LogP contribution in [0.5, 0.6) is 0 Å². The van der Waals surface area contributed by atoms with Crippen molar-refractivity contribution < 1.29 is 0 Å². The molecule has 1 heterocycles. The fourth-order valence-electron chi connectivity index (χ4n) is 2.62. The van der Waals surface area contributed by atoms with Crippen LogP contribution in [0.15, 0.2) is 54.7 Å². The lowest BCUT2D eigenvalue weighted by atomic mass is 10.1. The number of fused-ring (bicyclic) bond motifs is 1. The van der Waals surface area contributed by atoms with Gasteiger partial charge in [0.05, 0.1) is 11.2 Å². The van der Waals surface area contributed by atoms with Gasteiger partial charge in [-0.3, -0.25) is 4.98 Å². The zero-order valence-electron chi connectivity index (χ0n) is 12.1. The molecule has 0 bridgehead atoms. The van der Waals surface area contributed by atoms with E-state index in [1.54, 1.807) is 6.20 Å². The minimum Gasteiger partial charge on any atom is -0.397 e. The Morgan fingerprint density at radius 1 is 1.00 bits per heavy atom. The number of hydrogen-bond donors (Lipinski definition) is 2. The summed E-state index contributed by atoms with van der Waals surface area (Å²) in [6.07, 6.45) is 2.84. The van der Waals surface area contributed by atoms with E-state index in [2.05, 4.69) is 41.5 Å². The lowest BCUT2D eigenvalue weighted by Crippen LogP contribution is -2.03. The highest BCUT2D eigenvalue weighted by Gasteiger charge is 2.05. The molecule has 0 saturated heterocycles. The second-order valence-electron chi connectivity index (χ2n) is 5.08. The standard InChI is InChI=1S/C18H19N3/c1-2-13-6-3-4-7-14(13)12-21-17-10-11-20-18-15(17)8-5-9-16(18)19/h3-11H,2,12,19H2,1H3,(H,20,21). The second-order valence-corrected chi connectivity index (χ2v) is 5.08. The first-order valence-electron chi connectivity index (χ1n) is 7.23. The zero-order valence-corrected chi connectivity index (χ0v) is 12.1. The number of nitrogens with zero attached hydrogens (tertiary/aromatic N) is 1. The first-order chi connectivity index (χ1) is 10.3. The number of aryl methyl sites for hydroxylation is 1. The van der Waals surface area contributed by atoms with Gasteiger partial charge in [-0.05, 0) is 29.7 Å². The fraction of sp³-hybridized carbons (Fsp3) is 0.167. The molecule has 0 aliphatic heterocycles. The number of pyridine rings is 1. The highest BCUT2D eigenvalue weighted by Crippen LogP contribution is 2.26. The van der Waals surface area contributed by atoms with Crippen LogP contribution in [0.4, 0.5) is 11.4 Å². The summed E-state index contributed by atoms with van der Waals surface area (Å²) in [7, 11) is 0. The SMILES string of the molecule is CCc1ccccc1CNc1ccnc2c(N)cccc12. The first-order valence-corrected chi connectivity index (χ1v) is 7.23.